The summed E-state index contributed by atoms with van der Waals surface area (Å²) in [6.07, 6.45) is 4.71. The molecule has 2 heterocycles. The van der Waals surface area contributed by atoms with Crippen molar-refractivity contribution in [3.63, 3.8) is 0 Å². The zero-order valence-electron chi connectivity index (χ0n) is 25.1. The van der Waals surface area contributed by atoms with Gasteiger partial charge in [0.25, 0.3) is 0 Å². The number of hydrogen-bond donors (Lipinski definition) is 3. The van der Waals surface area contributed by atoms with E-state index < -0.39 is 27.7 Å². The number of morpholine rings is 1. The molecule has 1 atom stereocenters. The lowest BCUT2D eigenvalue weighted by Gasteiger charge is -2.50. The summed E-state index contributed by atoms with van der Waals surface area (Å²) in [7, 11) is -4.18. The van der Waals surface area contributed by atoms with Gasteiger partial charge in [-0.1, -0.05) is 36.2 Å². The van der Waals surface area contributed by atoms with Crippen molar-refractivity contribution in [2.24, 2.45) is 0 Å². The topological polar surface area (TPSA) is 146 Å². The normalized spacial score (nSPS) is 20.1. The number of carboxylic acids is 2. The van der Waals surface area contributed by atoms with Crippen molar-refractivity contribution in [2.45, 2.75) is 43.6 Å². The summed E-state index contributed by atoms with van der Waals surface area (Å²) in [6, 6.07) is 13.9. The van der Waals surface area contributed by atoms with Gasteiger partial charge in [-0.15, -0.1) is 0 Å². The van der Waals surface area contributed by atoms with Crippen molar-refractivity contribution in [1.82, 2.24) is 14.5 Å². The lowest BCUT2D eigenvalue weighted by atomic mass is 9.58. The van der Waals surface area contributed by atoms with Gasteiger partial charge >= 0.3 is 11.9 Å². The van der Waals surface area contributed by atoms with Crippen LogP contribution in [0.5, 0.6) is 5.75 Å². The molecule has 2 aliphatic heterocycles. The van der Waals surface area contributed by atoms with Crippen LogP contribution in [0.15, 0.2) is 54.2 Å². The molecule has 1 saturated heterocycles. The predicted octanol–water partition coefficient (Wildman–Crippen LogP) is 3.43. The van der Waals surface area contributed by atoms with E-state index in [1.54, 1.807) is 0 Å². The molecule has 0 spiro atoms. The van der Waals surface area contributed by atoms with Crippen molar-refractivity contribution in [1.29, 1.82) is 0 Å². The molecule has 1 saturated carbocycles. The van der Waals surface area contributed by atoms with E-state index in [-0.39, 0.29) is 36.8 Å². The van der Waals surface area contributed by atoms with Crippen LogP contribution in [0.4, 0.5) is 0 Å². The molecule has 0 aromatic heterocycles. The summed E-state index contributed by atoms with van der Waals surface area (Å²) in [5.74, 6) is -3.02. The van der Waals surface area contributed by atoms with E-state index in [9.17, 15) is 28.2 Å². The highest BCUT2D eigenvalue weighted by Crippen LogP contribution is 2.53. The molecule has 45 heavy (non-hydrogen) atoms. The van der Waals surface area contributed by atoms with Gasteiger partial charge in [-0.05, 0) is 79.7 Å². The number of hydrogen-bond acceptors (Lipinski definition) is 8. The number of rotatable bonds is 14. The zero-order chi connectivity index (χ0) is 32.0. The highest BCUT2D eigenvalue weighted by atomic mass is 35.5. The summed E-state index contributed by atoms with van der Waals surface area (Å²) >= 11 is 6.18. The Labute approximate surface area is 268 Å². The van der Waals surface area contributed by atoms with Crippen LogP contribution in [0, 0.1) is 0 Å². The second kappa shape index (κ2) is 14.5. The molecule has 244 valence electrons. The number of ether oxygens (including phenoxy) is 2. The summed E-state index contributed by atoms with van der Waals surface area (Å²) in [4.78, 5) is 25.5. The van der Waals surface area contributed by atoms with Crippen LogP contribution in [0.2, 0.25) is 5.02 Å². The molecule has 2 aromatic rings. The predicted molar refractivity (Wildman–Crippen MR) is 169 cm³/mol. The minimum atomic E-state index is -4.18. The molecular formula is C32H40ClN3O8S. The molecule has 11 nitrogen and oxygen atoms in total. The van der Waals surface area contributed by atoms with Crippen molar-refractivity contribution < 1.29 is 37.7 Å². The van der Waals surface area contributed by atoms with Gasteiger partial charge in [0.2, 0.25) is 10.0 Å². The van der Waals surface area contributed by atoms with Crippen molar-refractivity contribution >= 4 is 33.6 Å². The molecule has 1 unspecified atom stereocenters. The number of nitrogens with one attached hydrogen (secondary N) is 1. The van der Waals surface area contributed by atoms with Crippen LogP contribution >= 0.6 is 11.6 Å². The van der Waals surface area contributed by atoms with Crippen LogP contribution < -0.4 is 10.1 Å². The number of nitrogens with zero attached hydrogens (tertiary/aromatic N) is 2. The summed E-state index contributed by atoms with van der Waals surface area (Å²) < 4.78 is 38.8. The number of benzene rings is 2. The van der Waals surface area contributed by atoms with E-state index in [4.69, 9.17) is 21.1 Å². The van der Waals surface area contributed by atoms with Gasteiger partial charge in [-0.25, -0.2) is 18.0 Å². The maximum Gasteiger partial charge on any atom is 0.353 e. The largest absolute Gasteiger partial charge is 0.492 e. The fraction of sp³-hybridized carbons (Fsp3) is 0.500. The summed E-state index contributed by atoms with van der Waals surface area (Å²) in [5.41, 5.74) is 2.66. The van der Waals surface area contributed by atoms with Crippen molar-refractivity contribution in [3.05, 3.63) is 76.0 Å². The lowest BCUT2D eigenvalue weighted by Crippen LogP contribution is -2.49. The number of fused-ring (bicyclic) bond motifs is 1. The Morgan fingerprint density at radius 2 is 1.87 bits per heavy atom. The lowest BCUT2D eigenvalue weighted by molar-refractivity contribution is -0.136. The molecule has 0 bridgehead atoms. The maximum absolute atomic E-state index is 13.4. The van der Waals surface area contributed by atoms with E-state index in [0.29, 0.717) is 54.0 Å². The molecule has 3 aliphatic rings. The zero-order valence-corrected chi connectivity index (χ0v) is 26.7. The molecule has 3 N–H and O–H groups in total. The highest BCUT2D eigenvalue weighted by Gasteiger charge is 2.47. The molecule has 1 aliphatic carbocycles. The third kappa shape index (κ3) is 7.81. The number of sulfonamides is 1. The average molecular weight is 662 g/mol. The van der Waals surface area contributed by atoms with Gasteiger partial charge in [0, 0.05) is 29.6 Å². The van der Waals surface area contributed by atoms with Crippen LogP contribution in [0.25, 0.3) is 0 Å². The number of halogens is 1. The van der Waals surface area contributed by atoms with Crippen LogP contribution in [0.3, 0.4) is 0 Å². The first-order valence-electron chi connectivity index (χ1n) is 15.3. The summed E-state index contributed by atoms with van der Waals surface area (Å²) in [6.45, 7) is 3.33. The van der Waals surface area contributed by atoms with Crippen LogP contribution in [-0.4, -0.2) is 98.1 Å². The maximum atomic E-state index is 13.4. The Kier molecular flexibility index (Phi) is 10.7. The first-order chi connectivity index (χ1) is 21.6. The van der Waals surface area contributed by atoms with Gasteiger partial charge < -0.3 is 25.0 Å². The van der Waals surface area contributed by atoms with E-state index >= 15 is 0 Å². The molecule has 5 rings (SSSR count). The van der Waals surface area contributed by atoms with Gasteiger partial charge in [-0.2, -0.15) is 0 Å². The summed E-state index contributed by atoms with van der Waals surface area (Å²) in [5, 5.41) is 23.5. The molecule has 2 fully saturated rings. The highest BCUT2D eigenvalue weighted by molar-refractivity contribution is 7.89. The van der Waals surface area contributed by atoms with Crippen LogP contribution in [0.1, 0.15) is 48.4 Å². The number of aliphatic carboxylic acids is 2. The van der Waals surface area contributed by atoms with Gasteiger partial charge in [-0.3, -0.25) is 9.21 Å². The third-order valence-electron chi connectivity index (χ3n) is 9.02. The standard InChI is InChI=1S/C32H40ClN3O8S/c33-25-6-4-24(5-7-25)32(10-1-11-32)30-27-21-26(8-3-23(27)9-12-34-30)44-19-16-36(28(31(39)40)22-29(37)38)45(41,42)20-2-13-35-14-17-43-18-15-35/h3-8,21-22,30,34H,1-2,9-20H2,(H,37,38)(H,39,40)/b28-22-. The molecular weight excluding hydrogens is 622 g/mol. The van der Waals surface area contributed by atoms with Gasteiger partial charge in [0.1, 0.15) is 18.1 Å². The van der Waals surface area contributed by atoms with E-state index in [1.807, 2.05) is 30.3 Å². The van der Waals surface area contributed by atoms with E-state index in [2.05, 4.69) is 22.3 Å². The monoisotopic (exact) mass is 661 g/mol. The Morgan fingerprint density at radius 1 is 1.13 bits per heavy atom. The Hall–Kier alpha value is -3.16. The smallest absolute Gasteiger partial charge is 0.353 e. The Morgan fingerprint density at radius 3 is 2.51 bits per heavy atom. The van der Waals surface area contributed by atoms with E-state index in [1.165, 1.54) is 11.1 Å². The second-order valence-corrected chi connectivity index (χ2v) is 14.2. The second-order valence-electron chi connectivity index (χ2n) is 11.7. The Balaban J connectivity index is 1.32. The molecule has 0 amide bonds. The Bertz CT molecular complexity index is 1500. The third-order valence-corrected chi connectivity index (χ3v) is 11.1. The fourth-order valence-electron chi connectivity index (χ4n) is 6.62. The SMILES string of the molecule is O=C(O)/C=C(/C(=O)O)N(CCOc1ccc2c(c1)C(C1(c3ccc(Cl)cc3)CCC1)NCC2)S(=O)(=O)CCCN1CCOCC1. The van der Waals surface area contributed by atoms with Crippen LogP contribution in [-0.2, 0) is 36.2 Å². The number of carboxylic acid groups (broad SMARTS) is 2. The first kappa shape index (κ1) is 33.2. The number of carbonyl (C=O) groups is 2. The molecule has 13 heteroatoms. The molecule has 2 aromatic carbocycles. The first-order valence-corrected chi connectivity index (χ1v) is 17.3. The fourth-order valence-corrected chi connectivity index (χ4v) is 8.24. The van der Waals surface area contributed by atoms with Gasteiger partial charge in [0.05, 0.1) is 31.6 Å². The minimum Gasteiger partial charge on any atom is -0.492 e. The average Bonchev–Trinajstić information content (AvgIpc) is 2.99. The van der Waals surface area contributed by atoms with E-state index in [0.717, 1.165) is 37.8 Å². The van der Waals surface area contributed by atoms with Gasteiger partial charge in [0.15, 0.2) is 0 Å². The quantitative estimate of drug-likeness (QED) is 0.258. The van der Waals surface area contributed by atoms with Crippen molar-refractivity contribution in [2.75, 3.05) is 58.3 Å². The van der Waals surface area contributed by atoms with Crippen molar-refractivity contribution in [3.8, 4) is 5.75 Å². The minimum absolute atomic E-state index is 0.0557. The molecule has 0 radical (unpaired) electrons.